The molecule has 1 heterocycles. The fourth-order valence-electron chi connectivity index (χ4n) is 2.31. The molecule has 2 nitrogen and oxygen atoms in total. The van der Waals surface area contributed by atoms with Crippen molar-refractivity contribution < 1.29 is 9.30 Å². The summed E-state index contributed by atoms with van der Waals surface area (Å²) in [6, 6.07) is 24.5. The van der Waals surface area contributed by atoms with Gasteiger partial charge >= 0.3 is 0 Å². The molecule has 0 aliphatic rings. The van der Waals surface area contributed by atoms with Crippen molar-refractivity contribution in [3.05, 3.63) is 95.8 Å². The molecule has 0 N–H and O–H groups in total. The highest BCUT2D eigenvalue weighted by Gasteiger charge is 1.99. The van der Waals surface area contributed by atoms with Crippen LogP contribution in [0.25, 0.3) is 12.2 Å². The molecule has 122 valence electrons. The fraction of sp³-hybridized carbons (Fsp3) is 0.0952. The lowest BCUT2D eigenvalue weighted by molar-refractivity contribution is -0.673. The van der Waals surface area contributed by atoms with Gasteiger partial charge in [-0.1, -0.05) is 42.5 Å². The number of aromatic nitrogens is 1. The van der Waals surface area contributed by atoms with Gasteiger partial charge in [0.1, 0.15) is 19.4 Å². The van der Waals surface area contributed by atoms with Crippen molar-refractivity contribution in [1.82, 2.24) is 0 Å². The van der Waals surface area contributed by atoms with Gasteiger partial charge in [-0.3, -0.25) is 0 Å². The van der Waals surface area contributed by atoms with E-state index in [4.69, 9.17) is 4.74 Å². The predicted molar refractivity (Wildman–Crippen MR) is 109 cm³/mol. The molecule has 0 atom stereocenters. The maximum atomic E-state index is 5.80. The van der Waals surface area contributed by atoms with Crippen molar-refractivity contribution in [2.45, 2.75) is 6.61 Å². The van der Waals surface area contributed by atoms with Gasteiger partial charge in [0.25, 0.3) is 0 Å². The molecule has 0 aliphatic carbocycles. The number of pyridine rings is 1. The summed E-state index contributed by atoms with van der Waals surface area (Å²) in [5, 5.41) is 0. The second-order valence-electron chi connectivity index (χ2n) is 5.41. The summed E-state index contributed by atoms with van der Waals surface area (Å²) in [5.74, 6) is 0.885. The molecule has 3 heteroatoms. The van der Waals surface area contributed by atoms with Gasteiger partial charge in [-0.2, -0.15) is 0 Å². The Kier molecular flexibility index (Phi) is 7.00. The van der Waals surface area contributed by atoms with Crippen LogP contribution in [0.5, 0.6) is 5.75 Å². The van der Waals surface area contributed by atoms with Crippen molar-refractivity contribution in [2.24, 2.45) is 7.05 Å². The molecular formula is C21H21INO+. The number of ether oxygens (including phenoxy) is 1. The van der Waals surface area contributed by atoms with Crippen LogP contribution in [0, 0.1) is 0 Å². The summed E-state index contributed by atoms with van der Waals surface area (Å²) in [6.07, 6.45) is 6.26. The Morgan fingerprint density at radius 2 is 1.54 bits per heavy atom. The van der Waals surface area contributed by atoms with Crippen LogP contribution in [0.4, 0.5) is 0 Å². The summed E-state index contributed by atoms with van der Waals surface area (Å²) >= 11 is 0. The molecule has 0 fully saturated rings. The molecule has 0 amide bonds. The lowest BCUT2D eigenvalue weighted by atomic mass is 10.2. The monoisotopic (exact) mass is 430 g/mol. The van der Waals surface area contributed by atoms with Crippen LogP contribution < -0.4 is 9.30 Å². The fourth-order valence-corrected chi connectivity index (χ4v) is 2.31. The van der Waals surface area contributed by atoms with Crippen molar-refractivity contribution in [3.8, 4) is 5.75 Å². The molecule has 0 radical (unpaired) electrons. The van der Waals surface area contributed by atoms with E-state index < -0.39 is 0 Å². The minimum Gasteiger partial charge on any atom is -0.489 e. The van der Waals surface area contributed by atoms with E-state index in [1.807, 2.05) is 55.7 Å². The summed E-state index contributed by atoms with van der Waals surface area (Å²) in [4.78, 5) is 0. The number of hydrogen-bond donors (Lipinski definition) is 0. The lowest BCUT2D eigenvalue weighted by Gasteiger charge is -2.06. The molecule has 2 aromatic carbocycles. The number of halogens is 1. The first-order valence-electron chi connectivity index (χ1n) is 7.71. The molecule has 0 bridgehead atoms. The van der Waals surface area contributed by atoms with Crippen LogP contribution >= 0.6 is 24.0 Å². The zero-order chi connectivity index (χ0) is 15.9. The highest BCUT2D eigenvalue weighted by atomic mass is 127. The Morgan fingerprint density at radius 3 is 2.25 bits per heavy atom. The average Bonchev–Trinajstić information content (AvgIpc) is 2.61. The van der Waals surface area contributed by atoms with E-state index in [2.05, 4.69) is 47.1 Å². The molecule has 3 rings (SSSR count). The summed E-state index contributed by atoms with van der Waals surface area (Å²) in [7, 11) is 2.04. The van der Waals surface area contributed by atoms with E-state index in [0.29, 0.717) is 6.61 Å². The standard InChI is InChI=1S/C21H20NO.HI/c1-22-16-6-5-9-20(22)13-10-18-11-14-21(15-12-18)23-17-19-7-3-2-4-8-19;/h2-16H,17H2,1H3;1H/q+1;/b13-10+;. The molecule has 0 aliphatic heterocycles. The Bertz CT molecular complexity index is 782. The molecular weight excluding hydrogens is 409 g/mol. The zero-order valence-corrected chi connectivity index (χ0v) is 16.0. The Hall–Kier alpha value is -2.14. The Balaban J connectivity index is 0.00000208. The minimum absolute atomic E-state index is 0. The van der Waals surface area contributed by atoms with Crippen molar-refractivity contribution in [3.63, 3.8) is 0 Å². The Labute approximate surface area is 160 Å². The van der Waals surface area contributed by atoms with Gasteiger partial charge in [0.15, 0.2) is 6.20 Å². The van der Waals surface area contributed by atoms with E-state index in [1.54, 1.807) is 0 Å². The zero-order valence-electron chi connectivity index (χ0n) is 13.6. The number of rotatable bonds is 5. The van der Waals surface area contributed by atoms with E-state index in [-0.39, 0.29) is 24.0 Å². The van der Waals surface area contributed by atoms with Gasteiger partial charge in [0.2, 0.25) is 5.69 Å². The van der Waals surface area contributed by atoms with Crippen LogP contribution in [0.1, 0.15) is 16.8 Å². The summed E-state index contributed by atoms with van der Waals surface area (Å²) in [5.41, 5.74) is 3.49. The smallest absolute Gasteiger partial charge is 0.204 e. The highest BCUT2D eigenvalue weighted by Crippen LogP contribution is 2.15. The summed E-state index contributed by atoms with van der Waals surface area (Å²) in [6.45, 7) is 0.593. The number of aryl methyl sites for hydroxylation is 1. The predicted octanol–water partition coefficient (Wildman–Crippen LogP) is 4.88. The lowest BCUT2D eigenvalue weighted by Crippen LogP contribution is -2.30. The van der Waals surface area contributed by atoms with E-state index in [0.717, 1.165) is 17.0 Å². The van der Waals surface area contributed by atoms with Gasteiger partial charge < -0.3 is 4.74 Å². The van der Waals surface area contributed by atoms with E-state index >= 15 is 0 Å². The number of benzene rings is 2. The molecule has 0 unspecified atom stereocenters. The molecule has 0 spiro atoms. The van der Waals surface area contributed by atoms with Crippen molar-refractivity contribution in [2.75, 3.05) is 0 Å². The van der Waals surface area contributed by atoms with E-state index in [1.165, 1.54) is 5.56 Å². The third-order valence-electron chi connectivity index (χ3n) is 3.67. The van der Waals surface area contributed by atoms with Crippen LogP contribution in [-0.4, -0.2) is 0 Å². The van der Waals surface area contributed by atoms with Crippen LogP contribution in [0.3, 0.4) is 0 Å². The van der Waals surface area contributed by atoms with E-state index in [9.17, 15) is 0 Å². The minimum atomic E-state index is 0. The molecule has 1 aromatic heterocycles. The largest absolute Gasteiger partial charge is 0.489 e. The second kappa shape index (κ2) is 9.23. The van der Waals surface area contributed by atoms with Crippen LogP contribution in [0.15, 0.2) is 79.0 Å². The van der Waals surface area contributed by atoms with Crippen LogP contribution in [-0.2, 0) is 13.7 Å². The average molecular weight is 430 g/mol. The third-order valence-corrected chi connectivity index (χ3v) is 3.67. The first-order valence-corrected chi connectivity index (χ1v) is 7.71. The van der Waals surface area contributed by atoms with Crippen LogP contribution in [0.2, 0.25) is 0 Å². The van der Waals surface area contributed by atoms with Gasteiger partial charge in [-0.15, -0.1) is 24.0 Å². The third kappa shape index (κ3) is 5.20. The molecule has 3 aromatic rings. The highest BCUT2D eigenvalue weighted by molar-refractivity contribution is 14.0. The molecule has 0 saturated carbocycles. The number of nitrogens with zero attached hydrogens (tertiary/aromatic N) is 1. The van der Waals surface area contributed by atoms with Crippen molar-refractivity contribution in [1.29, 1.82) is 0 Å². The van der Waals surface area contributed by atoms with Gasteiger partial charge in [0, 0.05) is 18.2 Å². The van der Waals surface area contributed by atoms with Gasteiger partial charge in [-0.25, -0.2) is 4.57 Å². The normalized spacial score (nSPS) is 10.4. The second-order valence-corrected chi connectivity index (χ2v) is 5.41. The van der Waals surface area contributed by atoms with Gasteiger partial charge in [0.05, 0.1) is 0 Å². The van der Waals surface area contributed by atoms with Gasteiger partial charge in [-0.05, 0) is 35.4 Å². The first-order chi connectivity index (χ1) is 11.3. The summed E-state index contributed by atoms with van der Waals surface area (Å²) < 4.78 is 7.89. The maximum absolute atomic E-state index is 5.80. The molecule has 24 heavy (non-hydrogen) atoms. The topological polar surface area (TPSA) is 13.1 Å². The quantitative estimate of drug-likeness (QED) is 0.416. The number of hydrogen-bond acceptors (Lipinski definition) is 1. The SMILES string of the molecule is C[n+]1ccccc1/C=C/c1ccc(OCc2ccccc2)cc1.I. The Morgan fingerprint density at radius 1 is 0.833 bits per heavy atom. The maximum Gasteiger partial charge on any atom is 0.204 e. The van der Waals surface area contributed by atoms with Crippen molar-refractivity contribution >= 4 is 36.1 Å². The molecule has 0 saturated heterocycles. The first kappa shape index (κ1) is 18.2.